The Morgan fingerprint density at radius 2 is 2.47 bits per heavy atom. The van der Waals surface area contributed by atoms with E-state index >= 15 is 0 Å². The molecule has 0 fully saturated rings. The van der Waals surface area contributed by atoms with Gasteiger partial charge in [-0.2, -0.15) is 0 Å². The summed E-state index contributed by atoms with van der Waals surface area (Å²) in [6.07, 6.45) is 1.65. The number of carbonyl (C=O) groups excluding carboxylic acids is 1. The number of hydrogen-bond acceptors (Lipinski definition) is 4. The predicted octanol–water partition coefficient (Wildman–Crippen LogP) is -0.491. The highest BCUT2D eigenvalue weighted by atomic mass is 16.1. The van der Waals surface area contributed by atoms with E-state index < -0.39 is 0 Å². The fourth-order valence-corrected chi connectivity index (χ4v) is 1.13. The lowest BCUT2D eigenvalue weighted by molar-refractivity contribution is -0.124. The molecule has 1 rings (SSSR count). The number of carbonyl (C=O) groups is 1. The van der Waals surface area contributed by atoms with Crippen molar-refractivity contribution in [2.75, 3.05) is 6.54 Å². The zero-order chi connectivity index (χ0) is 11.3. The first-order valence-corrected chi connectivity index (χ1v) is 5.03. The van der Waals surface area contributed by atoms with Crippen molar-refractivity contribution in [1.29, 1.82) is 0 Å². The Kier molecular flexibility index (Phi) is 4.23. The first-order valence-electron chi connectivity index (χ1n) is 5.03. The highest BCUT2D eigenvalue weighted by Gasteiger charge is 2.11. The lowest BCUT2D eigenvalue weighted by Crippen LogP contribution is -2.33. The Hall–Kier alpha value is -1.43. The molecule has 1 unspecified atom stereocenters. The molecule has 1 atom stereocenters. The predicted molar refractivity (Wildman–Crippen MR) is 55.8 cm³/mol. The molecule has 0 bridgehead atoms. The molecule has 6 nitrogen and oxygen atoms in total. The van der Waals surface area contributed by atoms with E-state index in [0.717, 1.165) is 12.4 Å². The van der Waals surface area contributed by atoms with Crippen LogP contribution in [0.2, 0.25) is 0 Å². The molecular weight excluding hydrogens is 194 g/mol. The van der Waals surface area contributed by atoms with E-state index in [2.05, 4.69) is 15.5 Å². The molecule has 1 aromatic heterocycles. The van der Waals surface area contributed by atoms with Gasteiger partial charge in [-0.1, -0.05) is 6.92 Å². The SMILES string of the molecule is CCn1cnnc1CNC(=O)C(C)CN. The maximum atomic E-state index is 11.4. The van der Waals surface area contributed by atoms with Crippen LogP contribution in [0.5, 0.6) is 0 Å². The minimum absolute atomic E-state index is 0.0526. The van der Waals surface area contributed by atoms with Crippen molar-refractivity contribution in [3.8, 4) is 0 Å². The van der Waals surface area contributed by atoms with Gasteiger partial charge in [0.1, 0.15) is 6.33 Å². The van der Waals surface area contributed by atoms with Crippen LogP contribution in [0.4, 0.5) is 0 Å². The third kappa shape index (κ3) is 3.02. The van der Waals surface area contributed by atoms with Crippen LogP contribution in [0.3, 0.4) is 0 Å². The van der Waals surface area contributed by atoms with Crippen LogP contribution in [-0.4, -0.2) is 27.2 Å². The summed E-state index contributed by atoms with van der Waals surface area (Å²) >= 11 is 0. The maximum absolute atomic E-state index is 11.4. The number of rotatable bonds is 5. The van der Waals surface area contributed by atoms with E-state index in [1.165, 1.54) is 0 Å². The van der Waals surface area contributed by atoms with Gasteiger partial charge in [0.2, 0.25) is 5.91 Å². The Bertz CT molecular complexity index is 322. The van der Waals surface area contributed by atoms with Crippen molar-refractivity contribution in [1.82, 2.24) is 20.1 Å². The number of nitrogens with two attached hydrogens (primary N) is 1. The van der Waals surface area contributed by atoms with Gasteiger partial charge in [-0.05, 0) is 6.92 Å². The molecule has 6 heteroatoms. The fraction of sp³-hybridized carbons (Fsp3) is 0.667. The summed E-state index contributed by atoms with van der Waals surface area (Å²) in [7, 11) is 0. The lowest BCUT2D eigenvalue weighted by Gasteiger charge is -2.09. The van der Waals surface area contributed by atoms with E-state index in [4.69, 9.17) is 5.73 Å². The topological polar surface area (TPSA) is 85.8 Å². The third-order valence-electron chi connectivity index (χ3n) is 2.26. The average molecular weight is 211 g/mol. The molecule has 0 saturated heterocycles. The van der Waals surface area contributed by atoms with Crippen LogP contribution < -0.4 is 11.1 Å². The molecule has 0 aromatic carbocycles. The monoisotopic (exact) mass is 211 g/mol. The molecule has 0 aliphatic carbocycles. The second kappa shape index (κ2) is 5.45. The maximum Gasteiger partial charge on any atom is 0.224 e. The van der Waals surface area contributed by atoms with Crippen molar-refractivity contribution in [3.05, 3.63) is 12.2 Å². The number of nitrogens with zero attached hydrogens (tertiary/aromatic N) is 3. The van der Waals surface area contributed by atoms with Crippen LogP contribution >= 0.6 is 0 Å². The molecule has 1 heterocycles. The average Bonchev–Trinajstić information content (AvgIpc) is 2.71. The lowest BCUT2D eigenvalue weighted by atomic mass is 10.2. The van der Waals surface area contributed by atoms with Crippen molar-refractivity contribution < 1.29 is 4.79 Å². The van der Waals surface area contributed by atoms with Crippen LogP contribution in [0, 0.1) is 5.92 Å². The van der Waals surface area contributed by atoms with Gasteiger partial charge in [-0.3, -0.25) is 4.79 Å². The molecule has 1 amide bonds. The molecular formula is C9H17N5O. The second-order valence-electron chi connectivity index (χ2n) is 3.39. The van der Waals surface area contributed by atoms with E-state index in [-0.39, 0.29) is 11.8 Å². The summed E-state index contributed by atoms with van der Waals surface area (Å²) < 4.78 is 1.88. The highest BCUT2D eigenvalue weighted by Crippen LogP contribution is 1.96. The van der Waals surface area contributed by atoms with Crippen LogP contribution in [0.1, 0.15) is 19.7 Å². The van der Waals surface area contributed by atoms with E-state index in [1.54, 1.807) is 13.3 Å². The summed E-state index contributed by atoms with van der Waals surface area (Å²) in [4.78, 5) is 11.4. The third-order valence-corrected chi connectivity index (χ3v) is 2.26. The molecule has 3 N–H and O–H groups in total. The quantitative estimate of drug-likeness (QED) is 0.688. The van der Waals surface area contributed by atoms with Crippen molar-refractivity contribution in [2.45, 2.75) is 26.9 Å². The normalized spacial score (nSPS) is 12.5. The number of nitrogens with one attached hydrogen (secondary N) is 1. The molecule has 0 radical (unpaired) electrons. The van der Waals surface area contributed by atoms with Gasteiger partial charge in [-0.25, -0.2) is 0 Å². The van der Waals surface area contributed by atoms with E-state index in [0.29, 0.717) is 13.1 Å². The van der Waals surface area contributed by atoms with Gasteiger partial charge in [-0.15, -0.1) is 10.2 Å². The minimum atomic E-state index is -0.164. The number of aryl methyl sites for hydroxylation is 1. The van der Waals surface area contributed by atoms with E-state index in [9.17, 15) is 4.79 Å². The number of hydrogen-bond donors (Lipinski definition) is 2. The van der Waals surface area contributed by atoms with Gasteiger partial charge in [0.25, 0.3) is 0 Å². The highest BCUT2D eigenvalue weighted by molar-refractivity contribution is 5.78. The first kappa shape index (κ1) is 11.6. The summed E-state index contributed by atoms with van der Waals surface area (Å²) in [5.74, 6) is 0.543. The van der Waals surface area contributed by atoms with Gasteiger partial charge >= 0.3 is 0 Å². The standard InChI is InChI=1S/C9H17N5O/c1-3-14-6-12-13-8(14)5-11-9(15)7(2)4-10/h6-7H,3-5,10H2,1-2H3,(H,11,15). The number of aromatic nitrogens is 3. The summed E-state index contributed by atoms with van der Waals surface area (Å²) in [5, 5.41) is 10.5. The first-order chi connectivity index (χ1) is 7.19. The smallest absolute Gasteiger partial charge is 0.224 e. The summed E-state index contributed by atoms with van der Waals surface area (Å²) in [6.45, 7) is 5.34. The Morgan fingerprint density at radius 3 is 3.07 bits per heavy atom. The van der Waals surface area contributed by atoms with Gasteiger partial charge < -0.3 is 15.6 Å². The van der Waals surface area contributed by atoms with Crippen LogP contribution in [0.15, 0.2) is 6.33 Å². The Morgan fingerprint density at radius 1 is 1.73 bits per heavy atom. The largest absolute Gasteiger partial charge is 0.349 e. The Balaban J connectivity index is 2.47. The van der Waals surface area contributed by atoms with Gasteiger partial charge in [0.05, 0.1) is 6.54 Å². The molecule has 0 aliphatic rings. The van der Waals surface area contributed by atoms with Crippen LogP contribution in [0.25, 0.3) is 0 Å². The van der Waals surface area contributed by atoms with Crippen LogP contribution in [-0.2, 0) is 17.9 Å². The summed E-state index contributed by atoms with van der Waals surface area (Å²) in [5.41, 5.74) is 5.38. The van der Waals surface area contributed by atoms with Gasteiger partial charge in [0.15, 0.2) is 5.82 Å². The molecule has 1 aromatic rings. The molecule has 0 spiro atoms. The van der Waals surface area contributed by atoms with Crippen molar-refractivity contribution in [2.24, 2.45) is 11.7 Å². The Labute approximate surface area is 88.9 Å². The number of amides is 1. The molecule has 15 heavy (non-hydrogen) atoms. The van der Waals surface area contributed by atoms with Crippen molar-refractivity contribution in [3.63, 3.8) is 0 Å². The minimum Gasteiger partial charge on any atom is -0.349 e. The molecule has 0 aliphatic heterocycles. The second-order valence-corrected chi connectivity index (χ2v) is 3.39. The zero-order valence-corrected chi connectivity index (χ0v) is 9.10. The fourth-order valence-electron chi connectivity index (χ4n) is 1.13. The molecule has 84 valence electrons. The van der Waals surface area contributed by atoms with Gasteiger partial charge in [0, 0.05) is 19.0 Å². The molecule has 0 saturated carbocycles. The zero-order valence-electron chi connectivity index (χ0n) is 9.10. The summed E-state index contributed by atoms with van der Waals surface area (Å²) in [6, 6.07) is 0. The van der Waals surface area contributed by atoms with Crippen molar-refractivity contribution >= 4 is 5.91 Å². The van der Waals surface area contributed by atoms with E-state index in [1.807, 2.05) is 11.5 Å².